The Morgan fingerprint density at radius 3 is 2.79 bits per heavy atom. The number of benzene rings is 1. The minimum atomic E-state index is -0.0771. The van der Waals surface area contributed by atoms with Gasteiger partial charge in [-0.05, 0) is 23.9 Å². The number of amidine groups is 1. The number of aromatic nitrogens is 3. The van der Waals surface area contributed by atoms with E-state index in [2.05, 4.69) is 15.0 Å². The molecule has 0 amide bonds. The number of rotatable bonds is 3. The molecule has 2 aromatic heterocycles. The summed E-state index contributed by atoms with van der Waals surface area (Å²) in [6.45, 7) is 0. The first-order valence-electron chi connectivity index (χ1n) is 5.65. The van der Waals surface area contributed by atoms with Crippen LogP contribution in [-0.2, 0) is 0 Å². The van der Waals surface area contributed by atoms with Gasteiger partial charge in [0.2, 0.25) is 0 Å². The van der Waals surface area contributed by atoms with Crippen molar-refractivity contribution in [1.82, 2.24) is 15.0 Å². The summed E-state index contributed by atoms with van der Waals surface area (Å²) in [5, 5.41) is 10.2. The highest BCUT2D eigenvalue weighted by molar-refractivity contribution is 7.99. The Morgan fingerprint density at radius 1 is 1.21 bits per heavy atom. The normalized spacial score (nSPS) is 10.7. The van der Waals surface area contributed by atoms with E-state index >= 15 is 0 Å². The van der Waals surface area contributed by atoms with Crippen molar-refractivity contribution >= 4 is 28.5 Å². The quantitative estimate of drug-likeness (QED) is 0.503. The number of H-pyrrole nitrogens is 1. The number of nitrogen functional groups attached to an aromatic ring is 1. The maximum Gasteiger partial charge on any atom is 0.144 e. The third-order valence-corrected chi connectivity index (χ3v) is 3.56. The van der Waals surface area contributed by atoms with Crippen LogP contribution in [0.1, 0.15) is 5.69 Å². The van der Waals surface area contributed by atoms with Crippen LogP contribution >= 0.6 is 11.8 Å². The van der Waals surface area contributed by atoms with Crippen LogP contribution in [0.15, 0.2) is 52.8 Å². The largest absolute Gasteiger partial charge is 0.382 e. The topological polar surface area (TPSA) is 91.4 Å². The average molecular weight is 269 g/mol. The predicted octanol–water partition coefficient (Wildman–Crippen LogP) is 2.39. The minimum absolute atomic E-state index is 0.0771. The van der Waals surface area contributed by atoms with Crippen molar-refractivity contribution in [3.8, 4) is 0 Å². The Balaban J connectivity index is 1.99. The fourth-order valence-corrected chi connectivity index (χ4v) is 2.72. The lowest BCUT2D eigenvalue weighted by atomic mass is 10.3. The second kappa shape index (κ2) is 4.74. The Hall–Kier alpha value is -2.34. The Bertz CT molecular complexity index is 716. The molecule has 0 bridgehead atoms. The number of nitrogens with one attached hydrogen (secondary N) is 2. The van der Waals surface area contributed by atoms with Crippen LogP contribution in [0.3, 0.4) is 0 Å². The molecule has 2 heterocycles. The molecule has 3 aromatic rings. The molecule has 1 aromatic carbocycles. The summed E-state index contributed by atoms with van der Waals surface area (Å²) in [7, 11) is 0. The highest BCUT2D eigenvalue weighted by Crippen LogP contribution is 2.29. The third kappa shape index (κ3) is 2.30. The summed E-state index contributed by atoms with van der Waals surface area (Å²) in [4.78, 5) is 11.6. The van der Waals surface area contributed by atoms with Crippen molar-refractivity contribution in [2.45, 2.75) is 10.1 Å². The Morgan fingerprint density at radius 2 is 2.00 bits per heavy atom. The zero-order valence-electron chi connectivity index (χ0n) is 9.92. The summed E-state index contributed by atoms with van der Waals surface area (Å²) >= 11 is 1.42. The maximum absolute atomic E-state index is 7.50. The van der Waals surface area contributed by atoms with Crippen LogP contribution in [0.4, 0.5) is 0 Å². The molecule has 0 aliphatic heterocycles. The summed E-state index contributed by atoms with van der Waals surface area (Å²) in [6, 6.07) is 10.1. The van der Waals surface area contributed by atoms with Crippen LogP contribution in [0.2, 0.25) is 0 Å². The molecule has 0 saturated carbocycles. The fraction of sp³-hybridized carbons (Fsp3) is 0. The van der Waals surface area contributed by atoms with Gasteiger partial charge in [0.25, 0.3) is 0 Å². The smallest absolute Gasteiger partial charge is 0.144 e. The van der Waals surface area contributed by atoms with E-state index in [-0.39, 0.29) is 5.84 Å². The van der Waals surface area contributed by atoms with Gasteiger partial charge in [0, 0.05) is 23.3 Å². The molecule has 0 saturated heterocycles. The SMILES string of the molecule is N=C(N)c1nccnc1Sc1cc2ccccc2[nH]1. The molecule has 94 valence electrons. The van der Waals surface area contributed by atoms with E-state index in [0.29, 0.717) is 10.7 Å². The monoisotopic (exact) mass is 269 g/mol. The zero-order valence-corrected chi connectivity index (χ0v) is 10.7. The van der Waals surface area contributed by atoms with Gasteiger partial charge in [-0.25, -0.2) is 9.97 Å². The first kappa shape index (κ1) is 11.7. The second-order valence-electron chi connectivity index (χ2n) is 3.95. The number of nitrogens with two attached hydrogens (primary N) is 1. The molecule has 3 rings (SSSR count). The summed E-state index contributed by atoms with van der Waals surface area (Å²) in [6.07, 6.45) is 3.13. The molecule has 0 unspecified atom stereocenters. The van der Waals surface area contributed by atoms with Gasteiger partial charge in [0.05, 0.1) is 5.03 Å². The summed E-state index contributed by atoms with van der Waals surface area (Å²) < 4.78 is 0. The molecule has 4 N–H and O–H groups in total. The highest BCUT2D eigenvalue weighted by atomic mass is 32.2. The van der Waals surface area contributed by atoms with Crippen LogP contribution in [0.25, 0.3) is 10.9 Å². The molecule has 0 atom stereocenters. The molecule has 0 fully saturated rings. The van der Waals surface area contributed by atoms with Gasteiger partial charge in [-0.3, -0.25) is 5.41 Å². The molecule has 19 heavy (non-hydrogen) atoms. The van der Waals surface area contributed by atoms with Crippen molar-refractivity contribution in [2.24, 2.45) is 5.73 Å². The zero-order chi connectivity index (χ0) is 13.2. The van der Waals surface area contributed by atoms with E-state index in [1.165, 1.54) is 18.0 Å². The van der Waals surface area contributed by atoms with E-state index in [1.54, 1.807) is 6.20 Å². The first-order chi connectivity index (χ1) is 9.24. The fourth-order valence-electron chi connectivity index (χ4n) is 1.79. The summed E-state index contributed by atoms with van der Waals surface area (Å²) in [5.41, 5.74) is 6.98. The van der Waals surface area contributed by atoms with Crippen LogP contribution in [0.5, 0.6) is 0 Å². The summed E-state index contributed by atoms with van der Waals surface area (Å²) in [5.74, 6) is -0.0771. The number of fused-ring (bicyclic) bond motifs is 1. The number of hydrogen-bond acceptors (Lipinski definition) is 4. The molecule has 6 heteroatoms. The number of aromatic amines is 1. The molecule has 0 spiro atoms. The van der Waals surface area contributed by atoms with Crippen LogP contribution in [0, 0.1) is 5.41 Å². The molecule has 0 radical (unpaired) electrons. The van der Waals surface area contributed by atoms with E-state index in [4.69, 9.17) is 11.1 Å². The van der Waals surface area contributed by atoms with Crippen molar-refractivity contribution in [1.29, 1.82) is 5.41 Å². The molecule has 0 aliphatic carbocycles. The van der Waals surface area contributed by atoms with Gasteiger partial charge in [0.1, 0.15) is 16.6 Å². The minimum Gasteiger partial charge on any atom is -0.382 e. The Kier molecular flexibility index (Phi) is 2.92. The van der Waals surface area contributed by atoms with Gasteiger partial charge in [-0.15, -0.1) is 0 Å². The predicted molar refractivity (Wildman–Crippen MR) is 75.5 cm³/mol. The van der Waals surface area contributed by atoms with Gasteiger partial charge >= 0.3 is 0 Å². The van der Waals surface area contributed by atoms with Crippen molar-refractivity contribution in [3.63, 3.8) is 0 Å². The third-order valence-electron chi connectivity index (χ3n) is 2.63. The van der Waals surface area contributed by atoms with E-state index in [9.17, 15) is 0 Å². The second-order valence-corrected chi connectivity index (χ2v) is 4.98. The highest BCUT2D eigenvalue weighted by Gasteiger charge is 2.11. The molecular formula is C13H11N5S. The molecule has 5 nitrogen and oxygen atoms in total. The van der Waals surface area contributed by atoms with Gasteiger partial charge in [0.15, 0.2) is 0 Å². The lowest BCUT2D eigenvalue weighted by Gasteiger charge is -2.03. The first-order valence-corrected chi connectivity index (χ1v) is 6.47. The Labute approximate surface area is 113 Å². The van der Waals surface area contributed by atoms with E-state index in [0.717, 1.165) is 15.9 Å². The average Bonchev–Trinajstić information content (AvgIpc) is 2.81. The van der Waals surface area contributed by atoms with Gasteiger partial charge < -0.3 is 10.7 Å². The maximum atomic E-state index is 7.50. The number of para-hydroxylation sites is 1. The van der Waals surface area contributed by atoms with Crippen LogP contribution < -0.4 is 5.73 Å². The van der Waals surface area contributed by atoms with Crippen molar-refractivity contribution in [2.75, 3.05) is 0 Å². The van der Waals surface area contributed by atoms with E-state index < -0.39 is 0 Å². The van der Waals surface area contributed by atoms with Gasteiger partial charge in [-0.1, -0.05) is 18.2 Å². The number of nitrogens with zero attached hydrogens (tertiary/aromatic N) is 2. The lowest BCUT2D eigenvalue weighted by molar-refractivity contribution is 1.02. The van der Waals surface area contributed by atoms with Crippen molar-refractivity contribution in [3.05, 3.63) is 48.4 Å². The molecular weight excluding hydrogens is 258 g/mol. The lowest BCUT2D eigenvalue weighted by Crippen LogP contribution is -2.14. The van der Waals surface area contributed by atoms with Crippen molar-refractivity contribution < 1.29 is 0 Å². The number of hydrogen-bond donors (Lipinski definition) is 3. The standard InChI is InChI=1S/C13H11N5S/c14-12(15)11-13(17-6-5-16-11)19-10-7-8-3-1-2-4-9(8)18-10/h1-7,18H,(H3,14,15). The molecule has 0 aliphatic rings. The van der Waals surface area contributed by atoms with Gasteiger partial charge in [-0.2, -0.15) is 0 Å². The van der Waals surface area contributed by atoms with Crippen LogP contribution in [-0.4, -0.2) is 20.8 Å². The van der Waals surface area contributed by atoms with E-state index in [1.807, 2.05) is 30.3 Å².